The zero-order valence-corrected chi connectivity index (χ0v) is 16.8. The van der Waals surface area contributed by atoms with E-state index in [2.05, 4.69) is 10.0 Å². The molecule has 2 rings (SSSR count). The third-order valence-electron chi connectivity index (χ3n) is 4.35. The van der Waals surface area contributed by atoms with Gasteiger partial charge >= 0.3 is 0 Å². The number of nitrogens with one attached hydrogen (secondary N) is 3. The Bertz CT molecular complexity index is 852. The maximum absolute atomic E-state index is 12.3. The van der Waals surface area contributed by atoms with Gasteiger partial charge in [0.1, 0.15) is 6.04 Å². The van der Waals surface area contributed by atoms with Crippen molar-refractivity contribution < 1.29 is 18.1 Å². The third-order valence-corrected chi connectivity index (χ3v) is 5.80. The molecule has 0 radical (unpaired) electrons. The number of carbonyl (C=O) groups is 1. The van der Waals surface area contributed by atoms with Gasteiger partial charge in [-0.3, -0.25) is 4.79 Å². The quantitative estimate of drug-likeness (QED) is 0.589. The van der Waals surface area contributed by atoms with E-state index in [1.807, 2.05) is 57.4 Å². The lowest BCUT2D eigenvalue weighted by Gasteiger charge is -2.22. The average molecular weight is 391 g/mol. The van der Waals surface area contributed by atoms with Gasteiger partial charge in [-0.1, -0.05) is 42.5 Å². The van der Waals surface area contributed by atoms with E-state index in [-0.39, 0.29) is 29.8 Å². The predicted molar refractivity (Wildman–Crippen MR) is 106 cm³/mol. The lowest BCUT2D eigenvalue weighted by Crippen LogP contribution is -3.07. The first-order valence-corrected chi connectivity index (χ1v) is 10.5. The lowest BCUT2D eigenvalue weighted by atomic mass is 10.1. The number of hydrogen-bond donors (Lipinski definition) is 3. The minimum atomic E-state index is -3.60. The summed E-state index contributed by atoms with van der Waals surface area (Å²) < 4.78 is 27.0. The third kappa shape index (κ3) is 6.46. The second-order valence-electron chi connectivity index (χ2n) is 6.81. The zero-order valence-electron chi connectivity index (χ0n) is 16.0. The molecule has 27 heavy (non-hydrogen) atoms. The molecule has 0 aliphatic heterocycles. The van der Waals surface area contributed by atoms with Crippen LogP contribution >= 0.6 is 0 Å². The summed E-state index contributed by atoms with van der Waals surface area (Å²) in [5.41, 5.74) is 2.02. The number of sulfonamides is 1. The van der Waals surface area contributed by atoms with Gasteiger partial charge in [0.05, 0.1) is 25.5 Å². The van der Waals surface area contributed by atoms with E-state index >= 15 is 0 Å². The first-order chi connectivity index (χ1) is 12.8. The largest absolute Gasteiger partial charge is 0.350 e. The number of quaternary nitrogens is 1. The van der Waals surface area contributed by atoms with E-state index in [1.165, 1.54) is 4.90 Å². The topological polar surface area (TPSA) is 79.7 Å². The van der Waals surface area contributed by atoms with Crippen molar-refractivity contribution in [2.75, 3.05) is 27.2 Å². The van der Waals surface area contributed by atoms with Crippen LogP contribution in [0.2, 0.25) is 0 Å². The number of aryl methyl sites for hydroxylation is 1. The molecule has 0 aromatic heterocycles. The minimum absolute atomic E-state index is 0.0624. The second kappa shape index (κ2) is 9.64. The van der Waals surface area contributed by atoms with Crippen molar-refractivity contribution in [2.45, 2.75) is 24.3 Å². The van der Waals surface area contributed by atoms with Crippen LogP contribution in [0.1, 0.15) is 23.6 Å². The van der Waals surface area contributed by atoms with Gasteiger partial charge < -0.3 is 10.2 Å². The van der Waals surface area contributed by atoms with Gasteiger partial charge in [-0.2, -0.15) is 0 Å². The van der Waals surface area contributed by atoms with Crippen LogP contribution in [0.4, 0.5) is 0 Å². The van der Waals surface area contributed by atoms with Gasteiger partial charge in [0.15, 0.2) is 0 Å². The Labute approximate surface area is 161 Å². The fourth-order valence-electron chi connectivity index (χ4n) is 2.81. The van der Waals surface area contributed by atoms with E-state index in [9.17, 15) is 13.2 Å². The molecule has 2 aromatic carbocycles. The monoisotopic (exact) mass is 390 g/mol. The van der Waals surface area contributed by atoms with E-state index < -0.39 is 10.0 Å². The maximum Gasteiger partial charge on any atom is 0.240 e. The molecule has 0 saturated carbocycles. The molecular formula is C20H28N3O3S+. The highest BCUT2D eigenvalue weighted by molar-refractivity contribution is 7.89. The minimum Gasteiger partial charge on any atom is -0.350 e. The van der Waals surface area contributed by atoms with E-state index in [0.29, 0.717) is 6.54 Å². The number of benzene rings is 2. The summed E-state index contributed by atoms with van der Waals surface area (Å²) in [6.45, 7) is 2.39. The van der Waals surface area contributed by atoms with Crippen molar-refractivity contribution >= 4 is 15.9 Å². The average Bonchev–Trinajstić information content (AvgIpc) is 2.62. The Morgan fingerprint density at radius 3 is 2.41 bits per heavy atom. The van der Waals surface area contributed by atoms with Crippen LogP contribution in [-0.4, -0.2) is 41.5 Å². The van der Waals surface area contributed by atoms with Crippen LogP contribution in [0.5, 0.6) is 0 Å². The predicted octanol–water partition coefficient (Wildman–Crippen LogP) is 0.665. The molecule has 1 amide bonds. The summed E-state index contributed by atoms with van der Waals surface area (Å²) in [5.74, 6) is -0.177. The SMILES string of the molecule is Cc1cccc(S(=O)(=O)NCCC(=O)NC[C@H](c2ccccc2)[NH+](C)C)c1. The Kier molecular flexibility index (Phi) is 7.53. The molecule has 0 bridgehead atoms. The van der Waals surface area contributed by atoms with Crippen molar-refractivity contribution in [2.24, 2.45) is 0 Å². The first-order valence-electron chi connectivity index (χ1n) is 8.97. The zero-order chi connectivity index (χ0) is 19.9. The molecule has 3 N–H and O–H groups in total. The van der Waals surface area contributed by atoms with E-state index in [0.717, 1.165) is 11.1 Å². The number of likely N-dealkylation sites (N-methyl/N-ethyl adjacent to an activating group) is 1. The van der Waals surface area contributed by atoms with Crippen molar-refractivity contribution in [3.63, 3.8) is 0 Å². The van der Waals surface area contributed by atoms with Crippen LogP contribution in [0.25, 0.3) is 0 Å². The van der Waals surface area contributed by atoms with Crippen molar-refractivity contribution in [1.29, 1.82) is 0 Å². The standard InChI is InChI=1S/C20H27N3O3S/c1-16-8-7-11-18(14-16)27(25,26)22-13-12-20(24)21-15-19(23(2)3)17-9-5-4-6-10-17/h4-11,14,19,22H,12-13,15H2,1-3H3,(H,21,24)/p+1/t19-/m1/s1. The molecule has 0 saturated heterocycles. The maximum atomic E-state index is 12.3. The van der Waals surface area contributed by atoms with Crippen LogP contribution in [-0.2, 0) is 14.8 Å². The first kappa shape index (κ1) is 21.1. The molecule has 0 aliphatic carbocycles. The van der Waals surface area contributed by atoms with Crippen molar-refractivity contribution in [3.05, 3.63) is 65.7 Å². The van der Waals surface area contributed by atoms with E-state index in [1.54, 1.807) is 18.2 Å². The van der Waals surface area contributed by atoms with Crippen LogP contribution in [0.15, 0.2) is 59.5 Å². The summed E-state index contributed by atoms with van der Waals surface area (Å²) in [7, 11) is 0.483. The number of rotatable bonds is 9. The second-order valence-corrected chi connectivity index (χ2v) is 8.58. The molecular weight excluding hydrogens is 362 g/mol. The highest BCUT2D eigenvalue weighted by Crippen LogP contribution is 2.10. The fourth-order valence-corrected chi connectivity index (χ4v) is 3.95. The smallest absolute Gasteiger partial charge is 0.240 e. The normalized spacial score (nSPS) is 12.7. The van der Waals surface area contributed by atoms with Gasteiger partial charge in [-0.25, -0.2) is 13.1 Å². The highest BCUT2D eigenvalue weighted by atomic mass is 32.2. The molecule has 146 valence electrons. The summed E-state index contributed by atoms with van der Waals surface area (Å²) >= 11 is 0. The summed E-state index contributed by atoms with van der Waals surface area (Å²) in [6, 6.07) is 16.8. The van der Waals surface area contributed by atoms with Gasteiger partial charge in [0.2, 0.25) is 15.9 Å². The Morgan fingerprint density at radius 2 is 1.78 bits per heavy atom. The summed E-state index contributed by atoms with van der Waals surface area (Å²) in [6.07, 6.45) is 0.0926. The molecule has 0 heterocycles. The molecule has 0 fully saturated rings. The van der Waals surface area contributed by atoms with Gasteiger partial charge in [0.25, 0.3) is 0 Å². The Morgan fingerprint density at radius 1 is 1.07 bits per heavy atom. The molecule has 2 aromatic rings. The van der Waals surface area contributed by atoms with Crippen molar-refractivity contribution in [1.82, 2.24) is 10.0 Å². The molecule has 0 unspecified atom stereocenters. The molecule has 1 atom stereocenters. The molecule has 0 spiro atoms. The number of amides is 1. The van der Waals surface area contributed by atoms with Gasteiger partial charge in [-0.05, 0) is 24.6 Å². The fraction of sp³-hybridized carbons (Fsp3) is 0.350. The molecule has 7 heteroatoms. The molecule has 6 nitrogen and oxygen atoms in total. The molecule has 0 aliphatic rings. The Hall–Kier alpha value is -2.22. The van der Waals surface area contributed by atoms with E-state index in [4.69, 9.17) is 0 Å². The summed E-state index contributed by atoms with van der Waals surface area (Å²) in [4.78, 5) is 13.5. The van der Waals surface area contributed by atoms with Gasteiger partial charge in [0, 0.05) is 18.5 Å². The van der Waals surface area contributed by atoms with Crippen LogP contribution in [0.3, 0.4) is 0 Å². The Balaban J connectivity index is 1.83. The summed E-state index contributed by atoms with van der Waals surface area (Å²) in [5, 5.41) is 2.90. The van der Waals surface area contributed by atoms with Crippen molar-refractivity contribution in [3.8, 4) is 0 Å². The number of hydrogen-bond acceptors (Lipinski definition) is 3. The van der Waals surface area contributed by atoms with Crippen LogP contribution < -0.4 is 14.9 Å². The van der Waals surface area contributed by atoms with Crippen LogP contribution in [0, 0.1) is 6.92 Å². The lowest BCUT2D eigenvalue weighted by molar-refractivity contribution is -0.890. The van der Waals surface area contributed by atoms with Gasteiger partial charge in [-0.15, -0.1) is 0 Å². The highest BCUT2D eigenvalue weighted by Gasteiger charge is 2.19. The number of carbonyl (C=O) groups excluding carboxylic acids is 1.